The highest BCUT2D eigenvalue weighted by molar-refractivity contribution is 9.10. The molecule has 0 spiro atoms. The molecule has 1 heterocycles. The number of nitrogens with zero attached hydrogens (tertiary/aromatic N) is 1. The third kappa shape index (κ3) is 5.21. The molecular weight excluding hydrogens is 360 g/mol. The lowest BCUT2D eigenvalue weighted by atomic mass is 9.64. The highest BCUT2D eigenvalue weighted by Gasteiger charge is 2.35. The number of anilines is 1. The summed E-state index contributed by atoms with van der Waals surface area (Å²) in [7, 11) is 0. The van der Waals surface area contributed by atoms with Crippen molar-refractivity contribution in [1.82, 2.24) is 4.98 Å². The average Bonchev–Trinajstić information content (AvgIpc) is 2.47. The van der Waals surface area contributed by atoms with Crippen molar-refractivity contribution in [2.75, 3.05) is 5.32 Å². The Hall–Kier alpha value is -0.570. The fourth-order valence-electron chi connectivity index (χ4n) is 4.60. The van der Waals surface area contributed by atoms with Gasteiger partial charge >= 0.3 is 0 Å². The van der Waals surface area contributed by atoms with Crippen LogP contribution < -0.4 is 5.32 Å². The largest absolute Gasteiger partial charge is 0.381 e. The first-order chi connectivity index (χ1) is 11.1. The Morgan fingerprint density at radius 2 is 1.75 bits per heavy atom. The van der Waals surface area contributed by atoms with Crippen molar-refractivity contribution in [2.45, 2.75) is 86.1 Å². The smallest absolute Gasteiger partial charge is 0.0622 e. The van der Waals surface area contributed by atoms with Crippen molar-refractivity contribution in [3.8, 4) is 0 Å². The van der Waals surface area contributed by atoms with Crippen LogP contribution in [0.3, 0.4) is 0 Å². The third-order valence-electron chi connectivity index (χ3n) is 5.47. The molecule has 2 nitrogen and oxygen atoms in total. The number of halogens is 1. The Bertz CT molecular complexity index is 537. The summed E-state index contributed by atoms with van der Waals surface area (Å²) in [6.45, 7) is 14.2. The molecule has 0 amide bonds. The second-order valence-corrected chi connectivity index (χ2v) is 10.2. The van der Waals surface area contributed by atoms with E-state index < -0.39 is 0 Å². The van der Waals surface area contributed by atoms with E-state index in [9.17, 15) is 0 Å². The third-order valence-corrected chi connectivity index (χ3v) is 6.36. The van der Waals surface area contributed by atoms with Gasteiger partial charge in [0.2, 0.25) is 0 Å². The van der Waals surface area contributed by atoms with Crippen LogP contribution in [-0.4, -0.2) is 11.0 Å². The number of aromatic nitrogens is 1. The molecule has 136 valence electrons. The van der Waals surface area contributed by atoms with Gasteiger partial charge in [-0.05, 0) is 77.3 Å². The van der Waals surface area contributed by atoms with Crippen LogP contribution in [0.15, 0.2) is 16.7 Å². The maximum atomic E-state index is 4.44. The first-order valence-corrected chi connectivity index (χ1v) is 10.3. The lowest BCUT2D eigenvalue weighted by Gasteiger charge is -2.43. The van der Waals surface area contributed by atoms with Gasteiger partial charge in [0.05, 0.1) is 15.9 Å². The molecular formula is C21H35BrN2. The first kappa shape index (κ1) is 19.8. The van der Waals surface area contributed by atoms with Crippen molar-refractivity contribution in [3.05, 3.63) is 22.4 Å². The molecule has 1 aliphatic carbocycles. The summed E-state index contributed by atoms with van der Waals surface area (Å²) >= 11 is 3.72. The van der Waals surface area contributed by atoms with Gasteiger partial charge in [-0.2, -0.15) is 0 Å². The molecule has 1 N–H and O–H groups in total. The van der Waals surface area contributed by atoms with Crippen LogP contribution >= 0.6 is 15.9 Å². The quantitative estimate of drug-likeness (QED) is 0.590. The van der Waals surface area contributed by atoms with Crippen LogP contribution in [-0.2, 0) is 6.42 Å². The molecule has 3 heteroatoms. The molecule has 0 aromatic carbocycles. The molecule has 0 atom stereocenters. The van der Waals surface area contributed by atoms with Gasteiger partial charge in [-0.1, -0.05) is 41.5 Å². The van der Waals surface area contributed by atoms with E-state index in [-0.39, 0.29) is 0 Å². The van der Waals surface area contributed by atoms with Crippen LogP contribution in [0.4, 0.5) is 5.69 Å². The highest BCUT2D eigenvalue weighted by Crippen LogP contribution is 2.45. The van der Waals surface area contributed by atoms with E-state index in [1.807, 2.05) is 6.20 Å². The number of aryl methyl sites for hydroxylation is 1. The zero-order valence-corrected chi connectivity index (χ0v) is 18.0. The molecule has 0 aliphatic heterocycles. The van der Waals surface area contributed by atoms with Crippen LogP contribution in [0.2, 0.25) is 0 Å². The summed E-state index contributed by atoms with van der Waals surface area (Å²) in [5.41, 5.74) is 3.20. The van der Waals surface area contributed by atoms with E-state index in [2.05, 4.69) is 73.8 Å². The lowest BCUT2D eigenvalue weighted by Crippen LogP contribution is -2.35. The maximum Gasteiger partial charge on any atom is 0.0622 e. The molecule has 1 aromatic rings. The summed E-state index contributed by atoms with van der Waals surface area (Å²) in [6.07, 6.45) is 9.41. The Labute approximate surface area is 157 Å². The van der Waals surface area contributed by atoms with E-state index in [0.717, 1.165) is 22.5 Å². The predicted octanol–water partition coefficient (Wildman–Crippen LogP) is 6.84. The van der Waals surface area contributed by atoms with Gasteiger partial charge < -0.3 is 5.32 Å². The standard InChI is InChI=1S/C21H35BrN2/c1-7-17-19(22)18(12-13-23-17)24-16-10-8-15(9-11-16)21(5,6)14-20(2,3)4/h12-13,15-16H,7-11,14H2,1-6H3,(H,23,24). The molecule has 1 aromatic heterocycles. The van der Waals surface area contributed by atoms with Crippen LogP contribution in [0.5, 0.6) is 0 Å². The molecule has 1 saturated carbocycles. The average molecular weight is 395 g/mol. The fraction of sp³-hybridized carbons (Fsp3) is 0.762. The SMILES string of the molecule is CCc1nccc(NC2CCC(C(C)(C)CC(C)(C)C)CC2)c1Br. The number of nitrogens with one attached hydrogen (secondary N) is 1. The van der Waals surface area contributed by atoms with Crippen molar-refractivity contribution >= 4 is 21.6 Å². The summed E-state index contributed by atoms with van der Waals surface area (Å²) in [6, 6.07) is 2.69. The topological polar surface area (TPSA) is 24.9 Å². The first-order valence-electron chi connectivity index (χ1n) is 9.52. The predicted molar refractivity (Wildman–Crippen MR) is 109 cm³/mol. The minimum atomic E-state index is 0.414. The fourth-order valence-corrected chi connectivity index (χ4v) is 5.22. The van der Waals surface area contributed by atoms with Gasteiger partial charge in [0.1, 0.15) is 0 Å². The molecule has 1 aliphatic rings. The molecule has 0 bridgehead atoms. The van der Waals surface area contributed by atoms with Gasteiger partial charge in [0.15, 0.2) is 0 Å². The van der Waals surface area contributed by atoms with Gasteiger partial charge in [-0.15, -0.1) is 0 Å². The highest BCUT2D eigenvalue weighted by atomic mass is 79.9. The van der Waals surface area contributed by atoms with Gasteiger partial charge in [0.25, 0.3) is 0 Å². The van der Waals surface area contributed by atoms with Gasteiger partial charge in [-0.3, -0.25) is 4.98 Å². The molecule has 2 rings (SSSR count). The zero-order valence-electron chi connectivity index (χ0n) is 16.4. The molecule has 24 heavy (non-hydrogen) atoms. The van der Waals surface area contributed by atoms with Crippen molar-refractivity contribution in [3.63, 3.8) is 0 Å². The lowest BCUT2D eigenvalue weighted by molar-refractivity contribution is 0.0968. The Balaban J connectivity index is 1.94. The van der Waals surface area contributed by atoms with E-state index in [1.165, 1.54) is 37.8 Å². The second-order valence-electron chi connectivity index (χ2n) is 9.39. The van der Waals surface area contributed by atoms with Crippen LogP contribution in [0.1, 0.15) is 79.3 Å². The molecule has 0 saturated heterocycles. The van der Waals surface area contributed by atoms with E-state index in [0.29, 0.717) is 16.9 Å². The van der Waals surface area contributed by atoms with Gasteiger partial charge in [0, 0.05) is 12.2 Å². The van der Waals surface area contributed by atoms with Crippen molar-refractivity contribution in [2.24, 2.45) is 16.7 Å². The second kappa shape index (κ2) is 7.76. The molecule has 1 fully saturated rings. The number of hydrogen-bond donors (Lipinski definition) is 1. The monoisotopic (exact) mass is 394 g/mol. The number of rotatable bonds is 5. The van der Waals surface area contributed by atoms with E-state index in [1.54, 1.807) is 0 Å². The van der Waals surface area contributed by atoms with Crippen LogP contribution in [0.25, 0.3) is 0 Å². The Morgan fingerprint density at radius 3 is 2.29 bits per heavy atom. The van der Waals surface area contributed by atoms with E-state index >= 15 is 0 Å². The van der Waals surface area contributed by atoms with Crippen molar-refractivity contribution in [1.29, 1.82) is 0 Å². The Morgan fingerprint density at radius 1 is 1.12 bits per heavy atom. The summed E-state index contributed by atoms with van der Waals surface area (Å²) < 4.78 is 1.14. The normalized spacial score (nSPS) is 22.5. The number of pyridine rings is 1. The number of hydrogen-bond acceptors (Lipinski definition) is 2. The molecule has 0 radical (unpaired) electrons. The summed E-state index contributed by atoms with van der Waals surface area (Å²) in [4.78, 5) is 4.44. The van der Waals surface area contributed by atoms with Crippen LogP contribution in [0, 0.1) is 16.7 Å². The van der Waals surface area contributed by atoms with Gasteiger partial charge in [-0.25, -0.2) is 0 Å². The summed E-state index contributed by atoms with van der Waals surface area (Å²) in [5.74, 6) is 0.849. The Kier molecular flexibility index (Phi) is 6.39. The maximum absolute atomic E-state index is 4.44. The minimum Gasteiger partial charge on any atom is -0.381 e. The minimum absolute atomic E-state index is 0.414. The zero-order chi connectivity index (χ0) is 18.0. The molecule has 0 unspecified atom stereocenters. The van der Waals surface area contributed by atoms with Crippen molar-refractivity contribution < 1.29 is 0 Å². The summed E-state index contributed by atoms with van der Waals surface area (Å²) in [5, 5.41) is 3.76. The van der Waals surface area contributed by atoms with E-state index in [4.69, 9.17) is 0 Å².